The maximum atomic E-state index is 13.2. The Hall–Kier alpha value is -1.31. The Balaban J connectivity index is 2.63. The topological polar surface area (TPSA) is 9.23 Å². The summed E-state index contributed by atoms with van der Waals surface area (Å²) in [7, 11) is 0. The van der Waals surface area contributed by atoms with Gasteiger partial charge in [0.25, 0.3) is 0 Å². The Morgan fingerprint density at radius 1 is 1.33 bits per heavy atom. The van der Waals surface area contributed by atoms with Crippen LogP contribution < -0.4 is 4.74 Å². The van der Waals surface area contributed by atoms with E-state index in [1.165, 1.54) is 6.92 Å². The predicted molar refractivity (Wildman–Crippen MR) is 60.9 cm³/mol. The van der Waals surface area contributed by atoms with Crippen molar-refractivity contribution in [3.63, 3.8) is 0 Å². The zero-order chi connectivity index (χ0) is 11.1. The van der Waals surface area contributed by atoms with Gasteiger partial charge in [-0.3, -0.25) is 0 Å². The lowest BCUT2D eigenvalue weighted by Crippen LogP contribution is -2.23. The molecule has 0 aromatic heterocycles. The Bertz CT molecular complexity index is 293. The highest BCUT2D eigenvalue weighted by Crippen LogP contribution is 2.14. The number of hydrogen-bond acceptors (Lipinski definition) is 1. The molecule has 1 unspecified atom stereocenters. The van der Waals surface area contributed by atoms with Crippen LogP contribution in [0.5, 0.6) is 5.75 Å². The number of hydrogen-bond donors (Lipinski definition) is 0. The molecule has 0 amide bonds. The third kappa shape index (κ3) is 4.15. The van der Waals surface area contributed by atoms with E-state index in [2.05, 4.69) is 0 Å². The number of halogens is 1. The molecule has 82 valence electrons. The smallest absolute Gasteiger partial charge is 0.148 e. The van der Waals surface area contributed by atoms with Gasteiger partial charge in [0, 0.05) is 0 Å². The molecule has 2 atom stereocenters. The molecule has 0 saturated carbocycles. The van der Waals surface area contributed by atoms with Crippen LogP contribution in [-0.2, 0) is 0 Å². The molecule has 0 aliphatic heterocycles. The molecule has 0 N–H and O–H groups in total. The lowest BCUT2D eigenvalue weighted by Gasteiger charge is -2.16. The van der Waals surface area contributed by atoms with Crippen LogP contribution in [0.25, 0.3) is 0 Å². The highest BCUT2D eigenvalue weighted by atomic mass is 19.1. The molecule has 0 aliphatic carbocycles. The lowest BCUT2D eigenvalue weighted by molar-refractivity contribution is 0.148. The summed E-state index contributed by atoms with van der Waals surface area (Å²) in [5, 5.41) is 0. The maximum Gasteiger partial charge on any atom is 0.148 e. The first-order chi connectivity index (χ1) is 7.24. The van der Waals surface area contributed by atoms with E-state index < -0.39 is 12.3 Å². The van der Waals surface area contributed by atoms with Gasteiger partial charge >= 0.3 is 0 Å². The summed E-state index contributed by atoms with van der Waals surface area (Å²) < 4.78 is 18.7. The molecule has 0 spiro atoms. The normalized spacial score (nSPS) is 15.1. The summed E-state index contributed by atoms with van der Waals surface area (Å²) in [5.74, 6) is 0.702. The Morgan fingerprint density at radius 3 is 2.53 bits per heavy atom. The van der Waals surface area contributed by atoms with Crippen LogP contribution in [0, 0.1) is 0 Å². The number of para-hydroxylation sites is 1. The molecule has 0 aliphatic rings. The fourth-order valence-corrected chi connectivity index (χ4v) is 1.21. The van der Waals surface area contributed by atoms with Crippen molar-refractivity contribution in [2.45, 2.75) is 32.5 Å². The molecule has 2 heteroatoms. The molecular weight excluding hydrogens is 191 g/mol. The number of benzene rings is 1. The predicted octanol–water partition coefficient (Wildman–Crippen LogP) is 3.76. The SMILES string of the molecule is CC/C=C/C(Oc1ccccc1)[C@H](C)F. The summed E-state index contributed by atoms with van der Waals surface area (Å²) in [6.07, 6.45) is 3.09. The first-order valence-corrected chi connectivity index (χ1v) is 5.26. The van der Waals surface area contributed by atoms with Gasteiger partial charge in [-0.25, -0.2) is 4.39 Å². The van der Waals surface area contributed by atoms with Gasteiger partial charge < -0.3 is 4.74 Å². The van der Waals surface area contributed by atoms with Crippen molar-refractivity contribution in [1.29, 1.82) is 0 Å². The first-order valence-electron chi connectivity index (χ1n) is 5.26. The number of ether oxygens (including phenoxy) is 1. The molecule has 1 rings (SSSR count). The molecular formula is C13H17FO. The molecule has 1 aromatic carbocycles. The zero-order valence-corrected chi connectivity index (χ0v) is 9.19. The van der Waals surface area contributed by atoms with Gasteiger partial charge in [0.2, 0.25) is 0 Å². The number of rotatable bonds is 5. The zero-order valence-electron chi connectivity index (χ0n) is 9.19. The molecule has 1 nitrogen and oxygen atoms in total. The van der Waals surface area contributed by atoms with Crippen molar-refractivity contribution in [1.82, 2.24) is 0 Å². The second-order valence-corrected chi connectivity index (χ2v) is 3.41. The van der Waals surface area contributed by atoms with E-state index in [0.717, 1.165) is 6.42 Å². The van der Waals surface area contributed by atoms with Crippen LogP contribution in [0.1, 0.15) is 20.3 Å². The van der Waals surface area contributed by atoms with Gasteiger partial charge in [-0.05, 0) is 31.6 Å². The first kappa shape index (κ1) is 11.8. The van der Waals surface area contributed by atoms with Gasteiger partial charge in [-0.1, -0.05) is 31.2 Å². The summed E-state index contributed by atoms with van der Waals surface area (Å²) in [6, 6.07) is 9.31. The lowest BCUT2D eigenvalue weighted by atomic mass is 10.2. The number of allylic oxidation sites excluding steroid dienone is 1. The van der Waals surface area contributed by atoms with Crippen LogP contribution in [0.4, 0.5) is 4.39 Å². The van der Waals surface area contributed by atoms with E-state index in [1.54, 1.807) is 6.08 Å². The molecule has 0 radical (unpaired) electrons. The Labute approximate surface area is 90.6 Å². The van der Waals surface area contributed by atoms with Crippen LogP contribution in [0.3, 0.4) is 0 Å². The van der Waals surface area contributed by atoms with Crippen LogP contribution in [0.2, 0.25) is 0 Å². The Morgan fingerprint density at radius 2 is 2.00 bits per heavy atom. The van der Waals surface area contributed by atoms with E-state index in [4.69, 9.17) is 4.74 Å². The molecule has 0 bridgehead atoms. The second kappa shape index (κ2) is 6.23. The van der Waals surface area contributed by atoms with Gasteiger partial charge in [-0.15, -0.1) is 0 Å². The average molecular weight is 208 g/mol. The van der Waals surface area contributed by atoms with Crippen molar-refractivity contribution in [2.75, 3.05) is 0 Å². The highest BCUT2D eigenvalue weighted by molar-refractivity contribution is 5.22. The van der Waals surface area contributed by atoms with Gasteiger partial charge in [0.1, 0.15) is 18.0 Å². The van der Waals surface area contributed by atoms with Gasteiger partial charge in [0.05, 0.1) is 0 Å². The van der Waals surface area contributed by atoms with E-state index in [1.807, 2.05) is 43.3 Å². The van der Waals surface area contributed by atoms with Crippen molar-refractivity contribution in [2.24, 2.45) is 0 Å². The fourth-order valence-electron chi connectivity index (χ4n) is 1.21. The van der Waals surface area contributed by atoms with E-state index in [-0.39, 0.29) is 0 Å². The third-order valence-electron chi connectivity index (χ3n) is 2.03. The summed E-state index contributed by atoms with van der Waals surface area (Å²) >= 11 is 0. The Kier molecular flexibility index (Phi) is 4.88. The summed E-state index contributed by atoms with van der Waals surface area (Å²) in [5.41, 5.74) is 0. The van der Waals surface area contributed by atoms with Crippen LogP contribution >= 0.6 is 0 Å². The minimum absolute atomic E-state index is 0.493. The van der Waals surface area contributed by atoms with Crippen LogP contribution in [-0.4, -0.2) is 12.3 Å². The quantitative estimate of drug-likeness (QED) is 0.669. The van der Waals surface area contributed by atoms with Crippen molar-refractivity contribution < 1.29 is 9.13 Å². The van der Waals surface area contributed by atoms with Gasteiger partial charge in [0.15, 0.2) is 0 Å². The van der Waals surface area contributed by atoms with Crippen molar-refractivity contribution >= 4 is 0 Å². The standard InChI is InChI=1S/C13H17FO/c1-3-4-10-13(11(2)14)15-12-8-6-5-7-9-12/h4-11,13H,3H2,1-2H3/b10-4+/t11-,13?/m0/s1. The maximum absolute atomic E-state index is 13.2. The third-order valence-corrected chi connectivity index (χ3v) is 2.03. The van der Waals surface area contributed by atoms with E-state index in [0.29, 0.717) is 5.75 Å². The minimum Gasteiger partial charge on any atom is -0.483 e. The van der Waals surface area contributed by atoms with E-state index >= 15 is 0 Å². The van der Waals surface area contributed by atoms with Crippen molar-refractivity contribution in [3.05, 3.63) is 42.5 Å². The average Bonchev–Trinajstić information content (AvgIpc) is 2.25. The van der Waals surface area contributed by atoms with Crippen LogP contribution in [0.15, 0.2) is 42.5 Å². The molecule has 0 fully saturated rings. The molecule has 15 heavy (non-hydrogen) atoms. The second-order valence-electron chi connectivity index (χ2n) is 3.41. The molecule has 0 saturated heterocycles. The minimum atomic E-state index is -1.01. The monoisotopic (exact) mass is 208 g/mol. The number of alkyl halides is 1. The fraction of sp³-hybridized carbons (Fsp3) is 0.385. The summed E-state index contributed by atoms with van der Waals surface area (Å²) in [6.45, 7) is 3.52. The van der Waals surface area contributed by atoms with Crippen molar-refractivity contribution in [3.8, 4) is 5.75 Å². The molecule has 1 aromatic rings. The van der Waals surface area contributed by atoms with Gasteiger partial charge in [-0.2, -0.15) is 0 Å². The molecule has 0 heterocycles. The summed E-state index contributed by atoms with van der Waals surface area (Å²) in [4.78, 5) is 0. The highest BCUT2D eigenvalue weighted by Gasteiger charge is 2.14. The van der Waals surface area contributed by atoms with E-state index in [9.17, 15) is 4.39 Å². The largest absolute Gasteiger partial charge is 0.483 e.